The van der Waals surface area contributed by atoms with Crippen molar-refractivity contribution >= 4 is 11.8 Å². The summed E-state index contributed by atoms with van der Waals surface area (Å²) >= 11 is 0. The lowest BCUT2D eigenvalue weighted by Crippen LogP contribution is -2.32. The third-order valence-electron chi connectivity index (χ3n) is 1.98. The van der Waals surface area contributed by atoms with Crippen LogP contribution >= 0.6 is 0 Å². The van der Waals surface area contributed by atoms with Crippen LogP contribution in [0.15, 0.2) is 0 Å². The van der Waals surface area contributed by atoms with Gasteiger partial charge in [-0.15, -0.1) is 0 Å². The second-order valence-corrected chi connectivity index (χ2v) is 4.90. The molecule has 0 aliphatic rings. The lowest BCUT2D eigenvalue weighted by atomic mass is 10.1. The van der Waals surface area contributed by atoms with Crippen LogP contribution in [-0.2, 0) is 9.59 Å². The molecule has 0 radical (unpaired) electrons. The first kappa shape index (κ1) is 14.9. The molecule has 4 nitrogen and oxygen atoms in total. The van der Waals surface area contributed by atoms with Crippen molar-refractivity contribution in [3.05, 3.63) is 0 Å². The van der Waals surface area contributed by atoms with Gasteiger partial charge in [0.25, 0.3) is 0 Å². The molecule has 0 spiro atoms. The van der Waals surface area contributed by atoms with Gasteiger partial charge in [0.05, 0.1) is 0 Å². The number of rotatable bonds is 7. The van der Waals surface area contributed by atoms with E-state index in [-0.39, 0.29) is 11.8 Å². The molecule has 0 aliphatic heterocycles. The van der Waals surface area contributed by atoms with Crippen LogP contribution in [0, 0.1) is 11.8 Å². The zero-order valence-electron chi connectivity index (χ0n) is 10.8. The van der Waals surface area contributed by atoms with E-state index in [2.05, 4.69) is 10.6 Å². The maximum absolute atomic E-state index is 11.3. The molecule has 0 aromatic rings. The molecular formula is C12H24N2O2. The highest BCUT2D eigenvalue weighted by atomic mass is 16.2. The van der Waals surface area contributed by atoms with Gasteiger partial charge in [0, 0.05) is 25.9 Å². The van der Waals surface area contributed by atoms with Gasteiger partial charge in [0.15, 0.2) is 0 Å². The molecule has 0 fully saturated rings. The maximum atomic E-state index is 11.3. The lowest BCUT2D eigenvalue weighted by Gasteiger charge is -2.09. The van der Waals surface area contributed by atoms with Gasteiger partial charge in [0.1, 0.15) is 0 Å². The highest BCUT2D eigenvalue weighted by Crippen LogP contribution is 1.97. The van der Waals surface area contributed by atoms with E-state index in [0.717, 1.165) is 0 Å². The van der Waals surface area contributed by atoms with Crippen molar-refractivity contribution in [2.75, 3.05) is 13.1 Å². The van der Waals surface area contributed by atoms with E-state index < -0.39 is 0 Å². The average molecular weight is 228 g/mol. The average Bonchev–Trinajstić information content (AvgIpc) is 2.13. The minimum atomic E-state index is -0.00135. The molecule has 0 rings (SSSR count). The van der Waals surface area contributed by atoms with E-state index in [1.807, 2.05) is 27.7 Å². The smallest absolute Gasteiger partial charge is 0.221 e. The highest BCUT2D eigenvalue weighted by Gasteiger charge is 2.06. The molecule has 0 atom stereocenters. The van der Waals surface area contributed by atoms with Crippen LogP contribution in [0.5, 0.6) is 0 Å². The fraction of sp³-hybridized carbons (Fsp3) is 0.833. The van der Waals surface area contributed by atoms with Gasteiger partial charge >= 0.3 is 0 Å². The van der Waals surface area contributed by atoms with Crippen LogP contribution in [-0.4, -0.2) is 24.9 Å². The molecule has 94 valence electrons. The SMILES string of the molecule is CC(C)CNC(=O)CCNC(=O)CC(C)C. The summed E-state index contributed by atoms with van der Waals surface area (Å²) in [5.41, 5.74) is 0. The monoisotopic (exact) mass is 228 g/mol. The van der Waals surface area contributed by atoms with Crippen LogP contribution in [0.2, 0.25) is 0 Å². The highest BCUT2D eigenvalue weighted by molar-refractivity contribution is 5.78. The Bertz CT molecular complexity index is 225. The summed E-state index contributed by atoms with van der Waals surface area (Å²) < 4.78 is 0. The molecule has 16 heavy (non-hydrogen) atoms. The molecule has 0 aromatic heterocycles. The van der Waals surface area contributed by atoms with E-state index in [4.69, 9.17) is 0 Å². The minimum absolute atomic E-state index is 0.00135. The number of nitrogens with one attached hydrogen (secondary N) is 2. The van der Waals surface area contributed by atoms with E-state index in [9.17, 15) is 9.59 Å². The number of amides is 2. The Balaban J connectivity index is 3.50. The van der Waals surface area contributed by atoms with Crippen LogP contribution in [0.1, 0.15) is 40.5 Å². The molecule has 0 bridgehead atoms. The molecule has 0 unspecified atom stereocenters. The van der Waals surface area contributed by atoms with Gasteiger partial charge in [-0.3, -0.25) is 9.59 Å². The minimum Gasteiger partial charge on any atom is -0.356 e. The first-order valence-electron chi connectivity index (χ1n) is 5.95. The summed E-state index contributed by atoms with van der Waals surface area (Å²) in [5, 5.41) is 5.54. The van der Waals surface area contributed by atoms with Crippen molar-refractivity contribution < 1.29 is 9.59 Å². The predicted molar refractivity (Wildman–Crippen MR) is 64.9 cm³/mol. The van der Waals surface area contributed by atoms with Crippen molar-refractivity contribution in [3.63, 3.8) is 0 Å². The first-order valence-corrected chi connectivity index (χ1v) is 5.95. The van der Waals surface area contributed by atoms with Crippen molar-refractivity contribution in [3.8, 4) is 0 Å². The molecule has 0 heterocycles. The lowest BCUT2D eigenvalue weighted by molar-refractivity contribution is -0.122. The van der Waals surface area contributed by atoms with Gasteiger partial charge in [-0.1, -0.05) is 27.7 Å². The third kappa shape index (κ3) is 9.49. The second kappa shape index (κ2) is 8.13. The third-order valence-corrected chi connectivity index (χ3v) is 1.98. The number of hydrogen-bond donors (Lipinski definition) is 2. The summed E-state index contributed by atoms with van der Waals surface area (Å²) in [4.78, 5) is 22.5. The van der Waals surface area contributed by atoms with Crippen molar-refractivity contribution in [1.82, 2.24) is 10.6 Å². The quantitative estimate of drug-likeness (QED) is 0.690. The Kier molecular flexibility index (Phi) is 7.60. The van der Waals surface area contributed by atoms with Gasteiger partial charge < -0.3 is 10.6 Å². The summed E-state index contributed by atoms with van der Waals surface area (Å²) in [6, 6.07) is 0. The van der Waals surface area contributed by atoms with Crippen LogP contribution in [0.3, 0.4) is 0 Å². The van der Waals surface area contributed by atoms with Crippen molar-refractivity contribution in [2.24, 2.45) is 11.8 Å². The number of carbonyl (C=O) groups excluding carboxylic acids is 2. The van der Waals surface area contributed by atoms with Gasteiger partial charge in [-0.2, -0.15) is 0 Å². The summed E-state index contributed by atoms with van der Waals surface area (Å²) in [6.07, 6.45) is 0.879. The molecule has 4 heteroatoms. The zero-order chi connectivity index (χ0) is 12.6. The Morgan fingerprint density at radius 3 is 2.06 bits per heavy atom. The molecule has 2 amide bonds. The molecular weight excluding hydrogens is 204 g/mol. The van der Waals surface area contributed by atoms with E-state index >= 15 is 0 Å². The molecule has 0 aliphatic carbocycles. The fourth-order valence-corrected chi connectivity index (χ4v) is 1.16. The Labute approximate surface area is 98.2 Å². The maximum Gasteiger partial charge on any atom is 0.221 e. The molecule has 0 saturated carbocycles. The molecule has 0 saturated heterocycles. The Hall–Kier alpha value is -1.06. The van der Waals surface area contributed by atoms with Gasteiger partial charge in [-0.05, 0) is 11.8 Å². The summed E-state index contributed by atoms with van der Waals surface area (Å²) in [6.45, 7) is 9.20. The molecule has 0 aromatic carbocycles. The van der Waals surface area contributed by atoms with Gasteiger partial charge in [-0.25, -0.2) is 0 Å². The van der Waals surface area contributed by atoms with Crippen LogP contribution in [0.25, 0.3) is 0 Å². The van der Waals surface area contributed by atoms with E-state index in [1.54, 1.807) is 0 Å². The topological polar surface area (TPSA) is 58.2 Å². The fourth-order valence-electron chi connectivity index (χ4n) is 1.16. The standard InChI is InChI=1S/C12H24N2O2/c1-9(2)7-12(16)13-6-5-11(15)14-8-10(3)4/h9-10H,5-8H2,1-4H3,(H,13,16)(H,14,15). The van der Waals surface area contributed by atoms with E-state index in [1.165, 1.54) is 0 Å². The first-order chi connectivity index (χ1) is 7.41. The summed E-state index contributed by atoms with van der Waals surface area (Å²) in [7, 11) is 0. The summed E-state index contributed by atoms with van der Waals surface area (Å²) in [5.74, 6) is 0.833. The number of carbonyl (C=O) groups is 2. The Morgan fingerprint density at radius 2 is 1.56 bits per heavy atom. The van der Waals surface area contributed by atoms with Gasteiger partial charge in [0.2, 0.25) is 11.8 Å². The molecule has 2 N–H and O–H groups in total. The predicted octanol–water partition coefficient (Wildman–Crippen LogP) is 1.31. The second-order valence-electron chi connectivity index (χ2n) is 4.90. The number of hydrogen-bond acceptors (Lipinski definition) is 2. The Morgan fingerprint density at radius 1 is 0.938 bits per heavy atom. The normalized spacial score (nSPS) is 10.6. The van der Waals surface area contributed by atoms with Crippen LogP contribution < -0.4 is 10.6 Å². The zero-order valence-corrected chi connectivity index (χ0v) is 10.8. The van der Waals surface area contributed by atoms with E-state index in [0.29, 0.717) is 37.8 Å². The van der Waals surface area contributed by atoms with Crippen LogP contribution in [0.4, 0.5) is 0 Å². The largest absolute Gasteiger partial charge is 0.356 e. The van der Waals surface area contributed by atoms with Crippen molar-refractivity contribution in [1.29, 1.82) is 0 Å². The van der Waals surface area contributed by atoms with Crippen molar-refractivity contribution in [2.45, 2.75) is 40.5 Å².